The van der Waals surface area contributed by atoms with Gasteiger partial charge in [-0.25, -0.2) is 0 Å². The number of rotatable bonds is 6. The Kier molecular flexibility index (Phi) is 5.03. The molecule has 0 fully saturated rings. The molecule has 1 amide bonds. The van der Waals surface area contributed by atoms with Crippen LogP contribution >= 0.6 is 0 Å². The second-order valence-corrected chi connectivity index (χ2v) is 5.55. The highest BCUT2D eigenvalue weighted by Crippen LogP contribution is 2.17. The van der Waals surface area contributed by atoms with Crippen LogP contribution in [0.4, 0.5) is 0 Å². The Hall–Kier alpha value is -2.24. The first kappa shape index (κ1) is 15.2. The lowest BCUT2D eigenvalue weighted by Gasteiger charge is -2.18. The molecule has 1 unspecified atom stereocenters. The summed E-state index contributed by atoms with van der Waals surface area (Å²) in [6.07, 6.45) is 1.18. The molecule has 0 radical (unpaired) electrons. The third-order valence-corrected chi connectivity index (χ3v) is 3.35. The van der Waals surface area contributed by atoms with E-state index in [0.717, 1.165) is 6.42 Å². The monoisotopic (exact) mass is 287 g/mol. The molecule has 2 N–H and O–H groups in total. The second-order valence-electron chi connectivity index (χ2n) is 5.55. The van der Waals surface area contributed by atoms with Gasteiger partial charge < -0.3 is 5.32 Å². The summed E-state index contributed by atoms with van der Waals surface area (Å²) in [7, 11) is 0. The van der Waals surface area contributed by atoms with E-state index in [-0.39, 0.29) is 17.9 Å². The van der Waals surface area contributed by atoms with Gasteiger partial charge in [0.25, 0.3) is 0 Å². The highest BCUT2D eigenvalue weighted by atomic mass is 16.1. The van der Waals surface area contributed by atoms with Crippen molar-refractivity contribution in [2.45, 2.75) is 39.7 Å². The number of aryl methyl sites for hydroxylation is 2. The number of carbonyl (C=O) groups excluding carboxylic acids is 1. The summed E-state index contributed by atoms with van der Waals surface area (Å²) in [5, 5.41) is 16.9. The van der Waals surface area contributed by atoms with Gasteiger partial charge in [0.1, 0.15) is 0 Å². The SMILES string of the molecule is Cc1cccc(CCC(=O)NC(c2nn[nH]n2)C(C)C)c1. The number of tetrazole rings is 1. The zero-order valence-corrected chi connectivity index (χ0v) is 12.6. The van der Waals surface area contributed by atoms with Gasteiger partial charge in [-0.2, -0.15) is 5.21 Å². The normalized spacial score (nSPS) is 12.4. The minimum atomic E-state index is -0.214. The number of hydrogen-bond acceptors (Lipinski definition) is 4. The Bertz CT molecular complexity index is 580. The molecule has 1 heterocycles. The molecule has 2 aromatic rings. The lowest BCUT2D eigenvalue weighted by molar-refractivity contribution is -0.122. The van der Waals surface area contributed by atoms with E-state index in [1.165, 1.54) is 11.1 Å². The molecule has 2 rings (SSSR count). The van der Waals surface area contributed by atoms with Gasteiger partial charge in [0.2, 0.25) is 5.91 Å². The number of nitrogens with one attached hydrogen (secondary N) is 2. The van der Waals surface area contributed by atoms with Crippen LogP contribution in [-0.4, -0.2) is 26.5 Å². The van der Waals surface area contributed by atoms with Crippen molar-refractivity contribution in [3.63, 3.8) is 0 Å². The first-order valence-corrected chi connectivity index (χ1v) is 7.14. The average molecular weight is 287 g/mol. The van der Waals surface area contributed by atoms with Crippen LogP contribution < -0.4 is 5.32 Å². The maximum absolute atomic E-state index is 12.1. The van der Waals surface area contributed by atoms with Gasteiger partial charge in [-0.05, 0) is 24.8 Å². The summed E-state index contributed by atoms with van der Waals surface area (Å²) in [6.45, 7) is 6.08. The maximum Gasteiger partial charge on any atom is 0.220 e. The van der Waals surface area contributed by atoms with Crippen LogP contribution in [0.15, 0.2) is 24.3 Å². The third-order valence-electron chi connectivity index (χ3n) is 3.35. The molecule has 0 bridgehead atoms. The highest BCUT2D eigenvalue weighted by molar-refractivity contribution is 5.76. The molecule has 1 aromatic carbocycles. The predicted octanol–water partition coefficient (Wildman–Crippen LogP) is 1.95. The number of aromatic amines is 1. The third kappa shape index (κ3) is 4.37. The van der Waals surface area contributed by atoms with Crippen molar-refractivity contribution in [1.82, 2.24) is 25.9 Å². The van der Waals surface area contributed by atoms with Crippen LogP contribution in [0.1, 0.15) is 43.3 Å². The predicted molar refractivity (Wildman–Crippen MR) is 79.4 cm³/mol. The zero-order valence-electron chi connectivity index (χ0n) is 12.6. The minimum Gasteiger partial charge on any atom is -0.346 e. The fraction of sp³-hybridized carbons (Fsp3) is 0.467. The molecule has 0 aliphatic rings. The van der Waals surface area contributed by atoms with Crippen molar-refractivity contribution in [2.24, 2.45) is 5.92 Å². The van der Waals surface area contributed by atoms with Gasteiger partial charge in [-0.1, -0.05) is 48.9 Å². The molecule has 0 saturated carbocycles. The number of aromatic nitrogens is 4. The molecule has 6 heteroatoms. The summed E-state index contributed by atoms with van der Waals surface area (Å²) in [4.78, 5) is 12.1. The van der Waals surface area contributed by atoms with Crippen molar-refractivity contribution in [2.75, 3.05) is 0 Å². The summed E-state index contributed by atoms with van der Waals surface area (Å²) >= 11 is 0. The van der Waals surface area contributed by atoms with E-state index in [1.807, 2.05) is 26.0 Å². The van der Waals surface area contributed by atoms with Gasteiger partial charge in [0.05, 0.1) is 6.04 Å². The van der Waals surface area contributed by atoms with E-state index in [2.05, 4.69) is 45.0 Å². The van der Waals surface area contributed by atoms with E-state index in [1.54, 1.807) is 0 Å². The van der Waals surface area contributed by atoms with Crippen molar-refractivity contribution < 1.29 is 4.79 Å². The van der Waals surface area contributed by atoms with Crippen LogP contribution in [0.5, 0.6) is 0 Å². The fourth-order valence-corrected chi connectivity index (χ4v) is 2.20. The highest BCUT2D eigenvalue weighted by Gasteiger charge is 2.21. The Morgan fingerprint density at radius 2 is 2.19 bits per heavy atom. The van der Waals surface area contributed by atoms with Crippen molar-refractivity contribution in [1.29, 1.82) is 0 Å². The molecular weight excluding hydrogens is 266 g/mol. The van der Waals surface area contributed by atoms with Crippen molar-refractivity contribution >= 4 is 5.91 Å². The van der Waals surface area contributed by atoms with Crippen molar-refractivity contribution in [3.05, 3.63) is 41.2 Å². The van der Waals surface area contributed by atoms with Crippen molar-refractivity contribution in [3.8, 4) is 0 Å². The molecule has 1 atom stereocenters. The zero-order chi connectivity index (χ0) is 15.2. The summed E-state index contributed by atoms with van der Waals surface area (Å²) in [5.41, 5.74) is 2.38. The van der Waals surface area contributed by atoms with Crippen LogP contribution in [0.25, 0.3) is 0 Å². The Labute approximate surface area is 124 Å². The second kappa shape index (κ2) is 6.97. The van der Waals surface area contributed by atoms with Crippen LogP contribution in [0.3, 0.4) is 0 Å². The lowest BCUT2D eigenvalue weighted by Crippen LogP contribution is -2.32. The Morgan fingerprint density at radius 1 is 1.38 bits per heavy atom. The molecule has 0 saturated heterocycles. The quantitative estimate of drug-likeness (QED) is 0.850. The summed E-state index contributed by atoms with van der Waals surface area (Å²) < 4.78 is 0. The Balaban J connectivity index is 1.91. The topological polar surface area (TPSA) is 83.6 Å². The molecule has 1 aromatic heterocycles. The first-order chi connectivity index (χ1) is 10.1. The van der Waals surface area contributed by atoms with Crippen LogP contribution in [0.2, 0.25) is 0 Å². The van der Waals surface area contributed by atoms with E-state index in [9.17, 15) is 4.79 Å². The smallest absolute Gasteiger partial charge is 0.220 e. The average Bonchev–Trinajstić information content (AvgIpc) is 2.96. The molecular formula is C15H21N5O. The number of carbonyl (C=O) groups is 1. The maximum atomic E-state index is 12.1. The van der Waals surface area contributed by atoms with Gasteiger partial charge in [0.15, 0.2) is 5.82 Å². The fourth-order valence-electron chi connectivity index (χ4n) is 2.20. The number of hydrogen-bond donors (Lipinski definition) is 2. The standard InChI is InChI=1S/C15H21N5O/c1-10(2)14(15-17-19-20-18-15)16-13(21)8-7-12-6-4-5-11(3)9-12/h4-6,9-10,14H,7-8H2,1-3H3,(H,16,21)(H,17,18,19,20). The van der Waals surface area contributed by atoms with E-state index >= 15 is 0 Å². The molecule has 0 aliphatic heterocycles. The number of benzene rings is 1. The van der Waals surface area contributed by atoms with E-state index in [4.69, 9.17) is 0 Å². The minimum absolute atomic E-state index is 0.00000567. The molecule has 6 nitrogen and oxygen atoms in total. The lowest BCUT2D eigenvalue weighted by atomic mass is 10.0. The van der Waals surface area contributed by atoms with Crippen LogP contribution in [0, 0.1) is 12.8 Å². The summed E-state index contributed by atoms with van der Waals surface area (Å²) in [5.74, 6) is 0.722. The van der Waals surface area contributed by atoms with Gasteiger partial charge in [-0.3, -0.25) is 4.79 Å². The van der Waals surface area contributed by atoms with Gasteiger partial charge in [-0.15, -0.1) is 10.2 Å². The molecule has 0 spiro atoms. The van der Waals surface area contributed by atoms with E-state index < -0.39 is 0 Å². The van der Waals surface area contributed by atoms with Crippen LogP contribution in [-0.2, 0) is 11.2 Å². The Morgan fingerprint density at radius 3 is 2.81 bits per heavy atom. The molecule has 112 valence electrons. The first-order valence-electron chi connectivity index (χ1n) is 7.14. The number of amides is 1. The molecule has 0 aliphatic carbocycles. The number of nitrogens with zero attached hydrogens (tertiary/aromatic N) is 3. The van der Waals surface area contributed by atoms with E-state index in [0.29, 0.717) is 12.2 Å². The molecule has 21 heavy (non-hydrogen) atoms. The van der Waals surface area contributed by atoms with Gasteiger partial charge >= 0.3 is 0 Å². The number of H-pyrrole nitrogens is 1. The summed E-state index contributed by atoms with van der Waals surface area (Å²) in [6, 6.07) is 7.99. The van der Waals surface area contributed by atoms with Gasteiger partial charge in [0, 0.05) is 6.42 Å². The largest absolute Gasteiger partial charge is 0.346 e.